The molecule has 0 radical (unpaired) electrons. The van der Waals surface area contributed by atoms with Gasteiger partial charge in [-0.25, -0.2) is 22.9 Å². The largest absolute Gasteiger partial charge is 0.497 e. The standard InChI is InChI=1S/C23H27F2N3O5Si/c1-33-15-5-6-16-13(9-15)7-8-28(23(26)32,12-19(29)30)20(16)22(31)27-14-10-17(24)21(18(25)11-14)34(2,3)4/h5-6,9-11,20H,7-8,12H2,1-4H3,(H3-,26,27,29,30,31,32)/p+1/t20?,28-/m1/s1. The van der Waals surface area contributed by atoms with E-state index >= 15 is 0 Å². The SMILES string of the molecule is COc1ccc2c(c1)CC[N@+](CC(=O)O)(C(N)=O)C2C(=O)Nc1cc(F)c([Si](C)(C)C)c(F)c1. The molecular weight excluding hydrogens is 464 g/mol. The summed E-state index contributed by atoms with van der Waals surface area (Å²) in [4.78, 5) is 37.7. The first-order chi connectivity index (χ1) is 15.8. The summed E-state index contributed by atoms with van der Waals surface area (Å²) in [7, 11) is -0.852. The predicted octanol–water partition coefficient (Wildman–Crippen LogP) is 2.73. The third-order valence-corrected chi connectivity index (χ3v) is 8.06. The second kappa shape index (κ2) is 9.14. The maximum atomic E-state index is 14.7. The molecule has 1 aliphatic rings. The molecule has 0 aromatic heterocycles. The monoisotopic (exact) mass is 492 g/mol. The number of benzene rings is 2. The summed E-state index contributed by atoms with van der Waals surface area (Å²) in [6, 6.07) is 4.59. The first-order valence-electron chi connectivity index (χ1n) is 10.7. The highest BCUT2D eigenvalue weighted by Crippen LogP contribution is 2.38. The van der Waals surface area contributed by atoms with Crippen molar-refractivity contribution >= 4 is 36.9 Å². The van der Waals surface area contributed by atoms with Crippen LogP contribution >= 0.6 is 0 Å². The van der Waals surface area contributed by atoms with Gasteiger partial charge in [0.2, 0.25) is 6.04 Å². The molecule has 0 bridgehead atoms. The quantitative estimate of drug-likeness (QED) is 0.423. The van der Waals surface area contributed by atoms with Crippen molar-refractivity contribution in [3.8, 4) is 5.75 Å². The van der Waals surface area contributed by atoms with E-state index in [-0.39, 0.29) is 23.8 Å². The summed E-state index contributed by atoms with van der Waals surface area (Å²) in [6.45, 7) is 4.62. The van der Waals surface area contributed by atoms with E-state index in [0.717, 1.165) is 12.1 Å². The van der Waals surface area contributed by atoms with Crippen LogP contribution in [0.3, 0.4) is 0 Å². The molecule has 34 heavy (non-hydrogen) atoms. The third kappa shape index (κ3) is 4.66. The first kappa shape index (κ1) is 25.3. The second-order valence-electron chi connectivity index (χ2n) is 9.42. The number of nitrogens with zero attached hydrogens (tertiary/aromatic N) is 1. The van der Waals surface area contributed by atoms with Gasteiger partial charge in [0.05, 0.1) is 21.7 Å². The Labute approximate surface area is 196 Å². The minimum absolute atomic E-state index is 0.00810. The Kier molecular flexibility index (Phi) is 6.81. The van der Waals surface area contributed by atoms with E-state index in [1.807, 2.05) is 0 Å². The van der Waals surface area contributed by atoms with E-state index in [2.05, 4.69) is 5.32 Å². The van der Waals surface area contributed by atoms with Gasteiger partial charge in [-0.05, 0) is 35.9 Å². The zero-order chi connectivity index (χ0) is 25.4. The topological polar surface area (TPSA) is 119 Å². The van der Waals surface area contributed by atoms with E-state index in [9.17, 15) is 28.3 Å². The van der Waals surface area contributed by atoms with Gasteiger partial charge in [-0.2, -0.15) is 0 Å². The lowest BCUT2D eigenvalue weighted by atomic mass is 9.89. The van der Waals surface area contributed by atoms with Gasteiger partial charge in [0, 0.05) is 22.9 Å². The minimum atomic E-state index is -2.33. The number of hydrogen-bond acceptors (Lipinski definition) is 4. The number of urea groups is 1. The lowest BCUT2D eigenvalue weighted by Crippen LogP contribution is -2.64. The molecule has 0 saturated heterocycles. The maximum Gasteiger partial charge on any atom is 0.415 e. The van der Waals surface area contributed by atoms with Gasteiger partial charge in [-0.15, -0.1) is 0 Å². The van der Waals surface area contributed by atoms with Crippen molar-refractivity contribution in [2.75, 3.05) is 25.5 Å². The zero-order valence-electron chi connectivity index (χ0n) is 19.4. The van der Waals surface area contributed by atoms with Crippen molar-refractivity contribution in [3.63, 3.8) is 0 Å². The number of ether oxygens (including phenoxy) is 1. The van der Waals surface area contributed by atoms with Crippen LogP contribution < -0.4 is 21.0 Å². The van der Waals surface area contributed by atoms with Crippen molar-refractivity contribution in [1.29, 1.82) is 0 Å². The van der Waals surface area contributed by atoms with E-state index in [1.54, 1.807) is 37.8 Å². The Bertz CT molecular complexity index is 1140. The fraction of sp³-hybridized carbons (Fsp3) is 0.348. The predicted molar refractivity (Wildman–Crippen MR) is 125 cm³/mol. The fourth-order valence-corrected chi connectivity index (χ4v) is 6.15. The molecule has 0 aliphatic carbocycles. The average Bonchev–Trinajstić information content (AvgIpc) is 2.70. The molecule has 182 valence electrons. The van der Waals surface area contributed by atoms with Crippen LogP contribution in [0.4, 0.5) is 19.3 Å². The number of nitrogens with one attached hydrogen (secondary N) is 1. The molecule has 3 rings (SSSR count). The molecule has 2 aromatic carbocycles. The number of amides is 3. The zero-order valence-corrected chi connectivity index (χ0v) is 20.4. The molecule has 1 aliphatic heterocycles. The Morgan fingerprint density at radius 1 is 1.18 bits per heavy atom. The van der Waals surface area contributed by atoms with Gasteiger partial charge in [0.15, 0.2) is 6.54 Å². The van der Waals surface area contributed by atoms with E-state index < -0.39 is 54.7 Å². The number of carboxylic acids is 1. The van der Waals surface area contributed by atoms with Gasteiger partial charge in [-0.3, -0.25) is 4.79 Å². The van der Waals surface area contributed by atoms with Crippen LogP contribution in [0.15, 0.2) is 30.3 Å². The lowest BCUT2D eigenvalue weighted by molar-refractivity contribution is -0.866. The Morgan fingerprint density at radius 3 is 2.29 bits per heavy atom. The number of aliphatic carboxylic acids is 1. The number of nitrogens with two attached hydrogens (primary N) is 1. The lowest BCUT2D eigenvalue weighted by Gasteiger charge is -2.42. The van der Waals surface area contributed by atoms with Crippen molar-refractivity contribution in [2.24, 2.45) is 5.73 Å². The smallest absolute Gasteiger partial charge is 0.415 e. The first-order valence-corrected chi connectivity index (χ1v) is 14.2. The van der Waals surface area contributed by atoms with Crippen molar-refractivity contribution in [2.45, 2.75) is 32.1 Å². The van der Waals surface area contributed by atoms with Gasteiger partial charge >= 0.3 is 12.0 Å². The van der Waals surface area contributed by atoms with Crippen molar-refractivity contribution in [1.82, 2.24) is 0 Å². The normalized spacial score (nSPS) is 19.8. The van der Waals surface area contributed by atoms with E-state index in [1.165, 1.54) is 7.11 Å². The molecular formula is C23H28F2N3O5Si+. The number of hydrogen-bond donors (Lipinski definition) is 3. The summed E-state index contributed by atoms with van der Waals surface area (Å²) < 4.78 is 33.9. The highest BCUT2D eigenvalue weighted by molar-refractivity contribution is 6.88. The number of carbonyl (C=O) groups excluding carboxylic acids is 2. The van der Waals surface area contributed by atoms with E-state index in [4.69, 9.17) is 10.5 Å². The number of quaternary nitrogens is 1. The maximum absolute atomic E-state index is 14.7. The third-order valence-electron chi connectivity index (χ3n) is 6.08. The molecule has 8 nitrogen and oxygen atoms in total. The molecule has 0 saturated carbocycles. The number of methoxy groups -OCH3 is 1. The van der Waals surface area contributed by atoms with Gasteiger partial charge in [0.1, 0.15) is 17.4 Å². The number of fused-ring (bicyclic) bond motifs is 1. The summed E-state index contributed by atoms with van der Waals surface area (Å²) in [5.41, 5.74) is 6.59. The number of primary amides is 1. The summed E-state index contributed by atoms with van der Waals surface area (Å²) in [5, 5.41) is 12.0. The van der Waals surface area contributed by atoms with Crippen molar-refractivity contribution in [3.05, 3.63) is 53.1 Å². The Morgan fingerprint density at radius 2 is 1.79 bits per heavy atom. The number of carbonyl (C=O) groups is 3. The summed E-state index contributed by atoms with van der Waals surface area (Å²) in [5.74, 6) is -3.13. The van der Waals surface area contributed by atoms with Crippen LogP contribution in [-0.4, -0.2) is 55.8 Å². The highest BCUT2D eigenvalue weighted by Gasteiger charge is 2.52. The molecule has 1 unspecified atom stereocenters. The minimum Gasteiger partial charge on any atom is -0.497 e. The average molecular weight is 493 g/mol. The van der Waals surface area contributed by atoms with Gasteiger partial charge in [0.25, 0.3) is 5.91 Å². The van der Waals surface area contributed by atoms with Crippen LogP contribution in [-0.2, 0) is 16.0 Å². The van der Waals surface area contributed by atoms with Crippen LogP contribution in [0.5, 0.6) is 5.75 Å². The van der Waals surface area contributed by atoms with Crippen LogP contribution in [0, 0.1) is 11.6 Å². The number of halogens is 2. The number of anilines is 1. The molecule has 1 heterocycles. The fourth-order valence-electron chi connectivity index (χ4n) is 4.57. The van der Waals surface area contributed by atoms with Crippen molar-refractivity contribution < 1.29 is 37.5 Å². The molecule has 2 atom stereocenters. The molecule has 0 spiro atoms. The molecule has 0 fully saturated rings. The Balaban J connectivity index is 2.10. The van der Waals surface area contributed by atoms with E-state index in [0.29, 0.717) is 16.9 Å². The van der Waals surface area contributed by atoms with Gasteiger partial charge in [-0.1, -0.05) is 19.6 Å². The number of carboxylic acid groups (broad SMARTS) is 1. The van der Waals surface area contributed by atoms with Crippen LogP contribution in [0.2, 0.25) is 19.6 Å². The summed E-state index contributed by atoms with van der Waals surface area (Å²) in [6.07, 6.45) is 0.278. The molecule has 4 N–H and O–H groups in total. The highest BCUT2D eigenvalue weighted by atomic mass is 28.3. The van der Waals surface area contributed by atoms with Crippen LogP contribution in [0.25, 0.3) is 0 Å². The molecule has 3 amide bonds. The summed E-state index contributed by atoms with van der Waals surface area (Å²) >= 11 is 0. The second-order valence-corrected chi connectivity index (χ2v) is 14.4. The molecule has 2 aromatic rings. The Hall–Kier alpha value is -3.31. The van der Waals surface area contributed by atoms with Crippen LogP contribution in [0.1, 0.15) is 17.2 Å². The molecule has 11 heteroatoms. The van der Waals surface area contributed by atoms with Gasteiger partial charge < -0.3 is 20.9 Å². The number of rotatable bonds is 6.